The van der Waals surface area contributed by atoms with Crippen molar-refractivity contribution in [1.82, 2.24) is 24.6 Å². The molecule has 1 fully saturated rings. The van der Waals surface area contributed by atoms with E-state index in [4.69, 9.17) is 9.15 Å². The topological polar surface area (TPSA) is 89.5 Å². The molecule has 0 spiro atoms. The SMILES string of the molecule is CCOc1ccccc1N1CCN(C(=O)c2coc(CSc3nnc(-c4ccccc4)n3-c3cccc(C(F)(F)F)c3)n2)CC1. The number of benzene rings is 3. The quantitative estimate of drug-likeness (QED) is 0.168. The van der Waals surface area contributed by atoms with E-state index >= 15 is 0 Å². The number of amides is 1. The molecule has 0 bridgehead atoms. The highest BCUT2D eigenvalue weighted by molar-refractivity contribution is 7.98. The smallest absolute Gasteiger partial charge is 0.416 e. The number of oxazole rings is 1. The zero-order valence-corrected chi connectivity index (χ0v) is 25.1. The number of aromatic nitrogens is 4. The Hall–Kier alpha value is -4.78. The molecular weight excluding hydrogens is 605 g/mol. The second-order valence-corrected chi connectivity index (χ2v) is 11.1. The number of carbonyl (C=O) groups excluding carboxylic acids is 1. The lowest BCUT2D eigenvalue weighted by Crippen LogP contribution is -2.49. The first-order chi connectivity index (χ1) is 21.8. The zero-order valence-electron chi connectivity index (χ0n) is 24.3. The Morgan fingerprint density at radius 1 is 0.956 bits per heavy atom. The minimum Gasteiger partial charge on any atom is -0.492 e. The Bertz CT molecular complexity index is 1770. The van der Waals surface area contributed by atoms with Gasteiger partial charge in [-0.2, -0.15) is 13.2 Å². The van der Waals surface area contributed by atoms with Gasteiger partial charge in [0.2, 0.25) is 5.89 Å². The van der Waals surface area contributed by atoms with E-state index in [-0.39, 0.29) is 28.9 Å². The minimum absolute atomic E-state index is 0.182. The highest BCUT2D eigenvalue weighted by Crippen LogP contribution is 2.34. The highest BCUT2D eigenvalue weighted by Gasteiger charge is 2.31. The monoisotopic (exact) mass is 634 g/mol. The molecule has 0 saturated carbocycles. The lowest BCUT2D eigenvalue weighted by atomic mass is 10.1. The molecule has 0 unspecified atom stereocenters. The molecule has 1 amide bonds. The van der Waals surface area contributed by atoms with Crippen LogP contribution in [0.15, 0.2) is 94.7 Å². The van der Waals surface area contributed by atoms with Gasteiger partial charge in [0.15, 0.2) is 16.7 Å². The molecular formula is C32H29F3N6O3S. The molecule has 9 nitrogen and oxygen atoms in total. The molecule has 0 radical (unpaired) electrons. The Morgan fingerprint density at radius 2 is 1.71 bits per heavy atom. The summed E-state index contributed by atoms with van der Waals surface area (Å²) in [4.78, 5) is 21.6. The van der Waals surface area contributed by atoms with Gasteiger partial charge in [-0.05, 0) is 37.3 Å². The normalized spacial score (nSPS) is 13.7. The van der Waals surface area contributed by atoms with Crippen LogP contribution in [0.1, 0.15) is 28.9 Å². The van der Waals surface area contributed by atoms with Gasteiger partial charge in [-0.3, -0.25) is 9.36 Å². The van der Waals surface area contributed by atoms with Gasteiger partial charge in [-0.1, -0.05) is 60.3 Å². The molecule has 13 heteroatoms. The molecule has 0 atom stereocenters. The van der Waals surface area contributed by atoms with Crippen molar-refractivity contribution in [2.24, 2.45) is 0 Å². The number of hydrogen-bond acceptors (Lipinski definition) is 8. The Morgan fingerprint density at radius 3 is 2.47 bits per heavy atom. The van der Waals surface area contributed by atoms with Crippen LogP contribution >= 0.6 is 11.8 Å². The fraction of sp³-hybridized carbons (Fsp3) is 0.250. The molecule has 1 aliphatic rings. The summed E-state index contributed by atoms with van der Waals surface area (Å²) in [5, 5.41) is 8.92. The summed E-state index contributed by atoms with van der Waals surface area (Å²) >= 11 is 1.20. The largest absolute Gasteiger partial charge is 0.492 e. The van der Waals surface area contributed by atoms with Gasteiger partial charge in [-0.25, -0.2) is 4.98 Å². The van der Waals surface area contributed by atoms with Crippen LogP contribution in [0.5, 0.6) is 5.75 Å². The van der Waals surface area contributed by atoms with E-state index in [9.17, 15) is 18.0 Å². The number of alkyl halides is 3. The molecule has 0 N–H and O–H groups in total. The van der Waals surface area contributed by atoms with Gasteiger partial charge < -0.3 is 19.0 Å². The molecule has 1 aliphatic heterocycles. The molecule has 0 aliphatic carbocycles. The first kappa shape index (κ1) is 30.3. The number of para-hydroxylation sites is 2. The molecule has 5 aromatic rings. The first-order valence-corrected chi connectivity index (χ1v) is 15.3. The van der Waals surface area contributed by atoms with Gasteiger partial charge in [0.1, 0.15) is 12.0 Å². The minimum atomic E-state index is -4.51. The Balaban J connectivity index is 1.15. The van der Waals surface area contributed by atoms with Gasteiger partial charge in [-0.15, -0.1) is 10.2 Å². The molecule has 45 heavy (non-hydrogen) atoms. The number of carbonyl (C=O) groups is 1. The summed E-state index contributed by atoms with van der Waals surface area (Å²) < 4.78 is 53.6. The standard InChI is InChI=1S/C32H29F3N6O3S/c1-2-43-27-14-7-6-13-26(27)39-15-17-40(18-16-39)30(42)25-20-44-28(36-25)21-45-31-38-37-29(22-9-4-3-5-10-22)41(31)24-12-8-11-23(19-24)32(33,34)35/h3-14,19-20H,2,15-18,21H2,1H3. The zero-order chi connectivity index (χ0) is 31.4. The fourth-order valence-electron chi connectivity index (χ4n) is 5.10. The highest BCUT2D eigenvalue weighted by atomic mass is 32.2. The summed E-state index contributed by atoms with van der Waals surface area (Å²) in [7, 11) is 0. The fourth-order valence-corrected chi connectivity index (χ4v) is 5.91. The van der Waals surface area contributed by atoms with Crippen LogP contribution in [0, 0.1) is 0 Å². The van der Waals surface area contributed by atoms with Crippen molar-refractivity contribution in [3.8, 4) is 22.8 Å². The first-order valence-electron chi connectivity index (χ1n) is 14.3. The van der Waals surface area contributed by atoms with Crippen LogP contribution in [-0.2, 0) is 11.9 Å². The average molecular weight is 635 g/mol. The maximum atomic E-state index is 13.5. The molecule has 3 aromatic carbocycles. The molecule has 2 aromatic heterocycles. The van der Waals surface area contributed by atoms with Crippen LogP contribution in [0.3, 0.4) is 0 Å². The molecule has 1 saturated heterocycles. The van der Waals surface area contributed by atoms with Crippen molar-refractivity contribution in [2.45, 2.75) is 24.0 Å². The Kier molecular flexibility index (Phi) is 8.78. The van der Waals surface area contributed by atoms with Gasteiger partial charge >= 0.3 is 6.18 Å². The van der Waals surface area contributed by atoms with E-state index in [1.807, 2.05) is 61.5 Å². The average Bonchev–Trinajstić information content (AvgIpc) is 3.72. The van der Waals surface area contributed by atoms with Crippen molar-refractivity contribution in [2.75, 3.05) is 37.7 Å². The van der Waals surface area contributed by atoms with E-state index in [0.717, 1.165) is 23.6 Å². The van der Waals surface area contributed by atoms with Crippen LogP contribution in [0.4, 0.5) is 18.9 Å². The number of rotatable bonds is 9. The van der Waals surface area contributed by atoms with E-state index < -0.39 is 11.7 Å². The number of nitrogens with zero attached hydrogens (tertiary/aromatic N) is 6. The number of hydrogen-bond donors (Lipinski definition) is 0. The molecule has 232 valence electrons. The summed E-state index contributed by atoms with van der Waals surface area (Å²) in [6, 6.07) is 22.0. The van der Waals surface area contributed by atoms with Crippen molar-refractivity contribution < 1.29 is 27.1 Å². The third-order valence-corrected chi connectivity index (χ3v) is 8.18. The van der Waals surface area contributed by atoms with E-state index in [0.29, 0.717) is 49.3 Å². The Labute approximate surface area is 261 Å². The van der Waals surface area contributed by atoms with E-state index in [1.165, 1.54) is 24.1 Å². The van der Waals surface area contributed by atoms with Gasteiger partial charge in [0.25, 0.3) is 5.91 Å². The van der Waals surface area contributed by atoms with Crippen molar-refractivity contribution in [3.63, 3.8) is 0 Å². The summed E-state index contributed by atoms with van der Waals surface area (Å²) in [5.41, 5.74) is 1.37. The van der Waals surface area contributed by atoms with Crippen molar-refractivity contribution >= 4 is 23.4 Å². The van der Waals surface area contributed by atoms with Crippen LogP contribution < -0.4 is 9.64 Å². The number of thioether (sulfide) groups is 1. The molecule has 3 heterocycles. The summed E-state index contributed by atoms with van der Waals surface area (Å²) in [6.45, 7) is 4.83. The second-order valence-electron chi connectivity index (χ2n) is 10.2. The van der Waals surface area contributed by atoms with Crippen LogP contribution in [0.2, 0.25) is 0 Å². The van der Waals surface area contributed by atoms with E-state index in [2.05, 4.69) is 20.1 Å². The van der Waals surface area contributed by atoms with Crippen molar-refractivity contribution in [1.29, 1.82) is 0 Å². The maximum Gasteiger partial charge on any atom is 0.416 e. The third kappa shape index (κ3) is 6.68. The van der Waals surface area contributed by atoms with Crippen molar-refractivity contribution in [3.05, 3.63) is 102 Å². The lowest BCUT2D eigenvalue weighted by Gasteiger charge is -2.36. The summed E-state index contributed by atoms with van der Waals surface area (Å²) in [6.07, 6.45) is -3.17. The predicted molar refractivity (Wildman–Crippen MR) is 164 cm³/mol. The number of halogens is 3. The van der Waals surface area contributed by atoms with E-state index in [1.54, 1.807) is 15.5 Å². The maximum absolute atomic E-state index is 13.5. The van der Waals surface area contributed by atoms with Crippen LogP contribution in [0.25, 0.3) is 17.1 Å². The number of ether oxygens (including phenoxy) is 1. The van der Waals surface area contributed by atoms with Gasteiger partial charge in [0.05, 0.1) is 29.3 Å². The lowest BCUT2D eigenvalue weighted by molar-refractivity contribution is -0.137. The number of piperazine rings is 1. The summed E-state index contributed by atoms with van der Waals surface area (Å²) in [5.74, 6) is 1.45. The molecule has 6 rings (SSSR count). The van der Waals surface area contributed by atoms with Crippen LogP contribution in [-0.4, -0.2) is 63.3 Å². The number of anilines is 1. The third-order valence-electron chi connectivity index (χ3n) is 7.27. The second kappa shape index (κ2) is 13.1. The van der Waals surface area contributed by atoms with Gasteiger partial charge in [0, 0.05) is 31.7 Å². The predicted octanol–water partition coefficient (Wildman–Crippen LogP) is 6.59.